The van der Waals surface area contributed by atoms with Gasteiger partial charge in [0.2, 0.25) is 0 Å². The van der Waals surface area contributed by atoms with Crippen LogP contribution in [0.3, 0.4) is 0 Å². The summed E-state index contributed by atoms with van der Waals surface area (Å²) in [5.41, 5.74) is 0.420. The number of amides is 2. The van der Waals surface area contributed by atoms with Crippen LogP contribution >= 0.6 is 11.3 Å². The molecule has 2 fully saturated rings. The highest BCUT2D eigenvalue weighted by Gasteiger charge is 2.32. The van der Waals surface area contributed by atoms with Gasteiger partial charge >= 0.3 is 5.97 Å². The van der Waals surface area contributed by atoms with Gasteiger partial charge < -0.3 is 24.6 Å². The van der Waals surface area contributed by atoms with Crippen molar-refractivity contribution >= 4 is 34.1 Å². The molecule has 3 heterocycles. The van der Waals surface area contributed by atoms with Gasteiger partial charge in [-0.05, 0) is 32.3 Å². The number of rotatable bonds is 7. The Morgan fingerprint density at radius 2 is 2.07 bits per heavy atom. The molecule has 9 heteroatoms. The minimum Gasteiger partial charge on any atom is -0.462 e. The molecule has 0 spiro atoms. The van der Waals surface area contributed by atoms with Crippen molar-refractivity contribution in [2.75, 3.05) is 51.3 Å². The van der Waals surface area contributed by atoms with Crippen LogP contribution in [0.4, 0.5) is 5.00 Å². The molecule has 2 N–H and O–H groups in total. The number of nitrogens with zero attached hydrogens (tertiary/aromatic N) is 1. The predicted octanol–water partition coefficient (Wildman–Crippen LogP) is 0.332. The first-order valence-electron chi connectivity index (χ1n) is 10.4. The molecular weight excluding hydrogens is 394 g/mol. The monoisotopic (exact) mass is 424 g/mol. The number of carbonyl (C=O) groups excluding carboxylic acids is 3. The van der Waals surface area contributed by atoms with Gasteiger partial charge in [0.1, 0.15) is 11.1 Å². The van der Waals surface area contributed by atoms with Crippen molar-refractivity contribution in [1.82, 2.24) is 4.90 Å². The van der Waals surface area contributed by atoms with Gasteiger partial charge in [0.15, 0.2) is 6.54 Å². The first-order chi connectivity index (χ1) is 14.0. The van der Waals surface area contributed by atoms with E-state index in [-0.39, 0.29) is 17.9 Å². The Labute approximate surface area is 175 Å². The van der Waals surface area contributed by atoms with Crippen molar-refractivity contribution in [2.24, 2.45) is 0 Å². The molecule has 2 saturated heterocycles. The maximum atomic E-state index is 12.6. The summed E-state index contributed by atoms with van der Waals surface area (Å²) in [4.78, 5) is 41.1. The van der Waals surface area contributed by atoms with Gasteiger partial charge in [-0.2, -0.15) is 0 Å². The Morgan fingerprint density at radius 1 is 1.31 bits per heavy atom. The van der Waals surface area contributed by atoms with Gasteiger partial charge in [-0.15, -0.1) is 11.3 Å². The molecule has 2 amide bonds. The Morgan fingerprint density at radius 3 is 2.69 bits per heavy atom. The number of aryl methyl sites for hydroxylation is 1. The molecule has 2 aliphatic rings. The third-order valence-electron chi connectivity index (χ3n) is 5.28. The Hall–Kier alpha value is -1.97. The smallest absolute Gasteiger partial charge is 0.341 e. The van der Waals surface area contributed by atoms with Crippen LogP contribution in [0.2, 0.25) is 0 Å². The van der Waals surface area contributed by atoms with E-state index in [0.717, 1.165) is 42.1 Å². The van der Waals surface area contributed by atoms with Crippen molar-refractivity contribution in [2.45, 2.75) is 39.2 Å². The minimum absolute atomic E-state index is 0.0794. The average Bonchev–Trinajstić information content (AvgIpc) is 3.38. The third kappa shape index (κ3) is 5.55. The van der Waals surface area contributed by atoms with E-state index < -0.39 is 5.97 Å². The third-order valence-corrected chi connectivity index (χ3v) is 6.47. The maximum absolute atomic E-state index is 12.6. The topological polar surface area (TPSA) is 89.4 Å². The summed E-state index contributed by atoms with van der Waals surface area (Å²) < 4.78 is 10.6. The lowest BCUT2D eigenvalue weighted by Gasteiger charge is -2.33. The highest BCUT2D eigenvalue weighted by Crippen LogP contribution is 2.29. The molecule has 0 unspecified atom stereocenters. The van der Waals surface area contributed by atoms with Crippen molar-refractivity contribution in [3.8, 4) is 0 Å². The average molecular weight is 425 g/mol. The van der Waals surface area contributed by atoms with Crippen LogP contribution in [0, 0.1) is 0 Å². The lowest BCUT2D eigenvalue weighted by atomic mass is 10.2. The van der Waals surface area contributed by atoms with Crippen molar-refractivity contribution < 1.29 is 28.8 Å². The molecule has 0 radical (unpaired) electrons. The SMILES string of the molecule is CCOC(=O)c1cc(CC)sc1NC(=O)C[NH+]1CCN(C(=O)[C@H]2CCCO2)CC1. The second-order valence-electron chi connectivity index (χ2n) is 7.33. The molecule has 1 atom stereocenters. The zero-order valence-corrected chi connectivity index (χ0v) is 17.9. The fourth-order valence-electron chi connectivity index (χ4n) is 3.66. The zero-order valence-electron chi connectivity index (χ0n) is 17.1. The number of thiophene rings is 1. The van der Waals surface area contributed by atoms with Gasteiger partial charge in [-0.1, -0.05) is 6.92 Å². The molecule has 8 nitrogen and oxygen atoms in total. The van der Waals surface area contributed by atoms with Crippen molar-refractivity contribution in [3.63, 3.8) is 0 Å². The first-order valence-corrected chi connectivity index (χ1v) is 11.2. The summed E-state index contributed by atoms with van der Waals surface area (Å²) in [7, 11) is 0. The van der Waals surface area contributed by atoms with E-state index in [1.54, 1.807) is 13.0 Å². The van der Waals surface area contributed by atoms with Crippen LogP contribution in [0.15, 0.2) is 6.07 Å². The number of nitrogens with one attached hydrogen (secondary N) is 2. The first kappa shape index (κ1) is 21.7. The Kier molecular flexibility index (Phi) is 7.63. The molecule has 29 heavy (non-hydrogen) atoms. The van der Waals surface area contributed by atoms with Gasteiger partial charge in [0.25, 0.3) is 11.8 Å². The summed E-state index contributed by atoms with van der Waals surface area (Å²) in [5.74, 6) is -0.461. The van der Waals surface area contributed by atoms with Crippen LogP contribution in [0.25, 0.3) is 0 Å². The molecule has 3 rings (SSSR count). The van der Waals surface area contributed by atoms with Gasteiger partial charge in [0, 0.05) is 11.5 Å². The number of anilines is 1. The number of esters is 1. The quantitative estimate of drug-likeness (QED) is 0.616. The normalized spacial score (nSPS) is 19.9. The molecular formula is C20H30N3O5S+. The van der Waals surface area contributed by atoms with E-state index in [4.69, 9.17) is 9.47 Å². The minimum atomic E-state index is -0.410. The number of piperazine rings is 1. The van der Waals surface area contributed by atoms with E-state index in [1.165, 1.54) is 11.3 Å². The predicted molar refractivity (Wildman–Crippen MR) is 109 cm³/mol. The largest absolute Gasteiger partial charge is 0.462 e. The van der Waals surface area contributed by atoms with Crippen LogP contribution in [-0.2, 0) is 25.5 Å². The van der Waals surface area contributed by atoms with E-state index >= 15 is 0 Å². The molecule has 1 aromatic rings. The highest BCUT2D eigenvalue weighted by molar-refractivity contribution is 7.16. The fourth-order valence-corrected chi connectivity index (χ4v) is 4.66. The Balaban J connectivity index is 1.51. The second kappa shape index (κ2) is 10.2. The molecule has 160 valence electrons. The molecule has 0 saturated carbocycles. The van der Waals surface area contributed by atoms with E-state index in [2.05, 4.69) is 5.32 Å². The van der Waals surface area contributed by atoms with Gasteiger partial charge in [-0.25, -0.2) is 4.79 Å². The van der Waals surface area contributed by atoms with Gasteiger partial charge in [0.05, 0.1) is 38.3 Å². The zero-order chi connectivity index (χ0) is 20.8. The molecule has 2 aliphatic heterocycles. The number of quaternary nitrogens is 1. The van der Waals surface area contributed by atoms with Gasteiger partial charge in [-0.3, -0.25) is 9.59 Å². The van der Waals surface area contributed by atoms with E-state index in [0.29, 0.717) is 43.4 Å². The fraction of sp³-hybridized carbons (Fsp3) is 0.650. The van der Waals surface area contributed by atoms with Crippen LogP contribution in [0.1, 0.15) is 41.9 Å². The van der Waals surface area contributed by atoms with Crippen LogP contribution in [0.5, 0.6) is 0 Å². The second-order valence-corrected chi connectivity index (χ2v) is 8.47. The summed E-state index contributed by atoms with van der Waals surface area (Å²) in [6.07, 6.45) is 2.25. The van der Waals surface area contributed by atoms with E-state index in [1.807, 2.05) is 11.8 Å². The molecule has 0 bridgehead atoms. The lowest BCUT2D eigenvalue weighted by Crippen LogP contribution is -3.15. The Bertz CT molecular complexity index is 736. The summed E-state index contributed by atoms with van der Waals surface area (Å²) in [5, 5.41) is 3.44. The number of ether oxygens (including phenoxy) is 2. The molecule has 1 aromatic heterocycles. The number of hydrogen-bond donors (Lipinski definition) is 2. The van der Waals surface area contributed by atoms with Crippen LogP contribution < -0.4 is 10.2 Å². The lowest BCUT2D eigenvalue weighted by molar-refractivity contribution is -0.895. The number of carbonyl (C=O) groups is 3. The molecule has 0 aromatic carbocycles. The van der Waals surface area contributed by atoms with Crippen LogP contribution in [-0.4, -0.2) is 74.7 Å². The summed E-state index contributed by atoms with van der Waals surface area (Å²) >= 11 is 1.41. The number of hydrogen-bond acceptors (Lipinski definition) is 6. The molecule has 0 aliphatic carbocycles. The van der Waals surface area contributed by atoms with Crippen molar-refractivity contribution in [3.05, 3.63) is 16.5 Å². The highest BCUT2D eigenvalue weighted by atomic mass is 32.1. The van der Waals surface area contributed by atoms with E-state index in [9.17, 15) is 14.4 Å². The van der Waals surface area contributed by atoms with Crippen molar-refractivity contribution in [1.29, 1.82) is 0 Å². The maximum Gasteiger partial charge on any atom is 0.341 e. The standard InChI is InChI=1S/C20H29N3O5S/c1-3-14-12-15(20(26)27-4-2)18(29-14)21-17(24)13-22-7-9-23(10-8-22)19(25)16-6-5-11-28-16/h12,16H,3-11,13H2,1-2H3,(H,21,24)/p+1/t16-/m1/s1. The summed E-state index contributed by atoms with van der Waals surface area (Å²) in [6.45, 7) is 7.75. The summed E-state index contributed by atoms with van der Waals surface area (Å²) in [6, 6.07) is 1.79.